The number of nitrogens with one attached hydrogen (secondary N) is 2. The fraction of sp³-hybridized carbons (Fsp3) is 0.0714. The van der Waals surface area contributed by atoms with Crippen LogP contribution in [0, 0.1) is 17.0 Å². The molecule has 7 heteroatoms. The molecule has 0 fully saturated rings. The van der Waals surface area contributed by atoms with Crippen LogP contribution in [0.15, 0.2) is 42.5 Å². The number of hydrogen-bond donors (Lipinski definition) is 3. The summed E-state index contributed by atoms with van der Waals surface area (Å²) in [4.78, 5) is 22.8. The summed E-state index contributed by atoms with van der Waals surface area (Å²) in [6.07, 6.45) is 0. The molecule has 2 rings (SSSR count). The highest BCUT2D eigenvalue weighted by atomic mass is 16.6. The van der Waals surface area contributed by atoms with Crippen LogP contribution >= 0.6 is 0 Å². The van der Waals surface area contributed by atoms with Crippen molar-refractivity contribution < 1.29 is 9.72 Å². The first kappa shape index (κ1) is 14.5. The van der Waals surface area contributed by atoms with E-state index < -0.39 is 10.8 Å². The molecule has 0 bridgehead atoms. The Morgan fingerprint density at radius 2 is 1.81 bits per heavy atom. The number of nitro groups is 1. The number of hydrogen-bond acceptors (Lipinski definition) is 5. The van der Waals surface area contributed by atoms with Crippen molar-refractivity contribution in [1.82, 2.24) is 0 Å². The first-order valence-electron chi connectivity index (χ1n) is 6.15. The number of nitrogens with zero attached hydrogens (tertiary/aromatic N) is 1. The van der Waals surface area contributed by atoms with Crippen LogP contribution < -0.4 is 16.6 Å². The van der Waals surface area contributed by atoms with E-state index >= 15 is 0 Å². The summed E-state index contributed by atoms with van der Waals surface area (Å²) in [7, 11) is 0. The summed E-state index contributed by atoms with van der Waals surface area (Å²) in [6, 6.07) is 11.5. The molecule has 0 atom stereocenters. The summed E-state index contributed by atoms with van der Waals surface area (Å²) in [5.41, 5.74) is 3.36. The number of hydrazine groups is 1. The first-order valence-corrected chi connectivity index (χ1v) is 6.15. The quantitative estimate of drug-likeness (QED) is 0.454. The Morgan fingerprint density at radius 3 is 2.43 bits per heavy atom. The van der Waals surface area contributed by atoms with Crippen molar-refractivity contribution >= 4 is 23.0 Å². The van der Waals surface area contributed by atoms with E-state index in [1.165, 1.54) is 18.2 Å². The number of para-hydroxylation sites is 2. The molecule has 0 aliphatic carbocycles. The van der Waals surface area contributed by atoms with Crippen LogP contribution in [0.5, 0.6) is 0 Å². The zero-order valence-electron chi connectivity index (χ0n) is 11.3. The Hall–Kier alpha value is -2.93. The largest absolute Gasteiger partial charge is 0.322 e. The zero-order valence-corrected chi connectivity index (χ0v) is 11.3. The minimum Gasteiger partial charge on any atom is -0.322 e. The van der Waals surface area contributed by atoms with Crippen LogP contribution in [0.2, 0.25) is 0 Å². The summed E-state index contributed by atoms with van der Waals surface area (Å²) in [5, 5.41) is 13.8. The average molecular weight is 286 g/mol. The van der Waals surface area contributed by atoms with Gasteiger partial charge >= 0.3 is 5.69 Å². The minimum atomic E-state index is -0.637. The van der Waals surface area contributed by atoms with Crippen molar-refractivity contribution in [3.8, 4) is 0 Å². The van der Waals surface area contributed by atoms with Crippen molar-refractivity contribution in [3.05, 3.63) is 63.7 Å². The van der Waals surface area contributed by atoms with Crippen LogP contribution in [0.1, 0.15) is 15.9 Å². The summed E-state index contributed by atoms with van der Waals surface area (Å²) >= 11 is 0. The smallest absolute Gasteiger partial charge is 0.306 e. The minimum absolute atomic E-state index is 0.0568. The lowest BCUT2D eigenvalue weighted by molar-refractivity contribution is -0.384. The predicted octanol–water partition coefficient (Wildman–Crippen LogP) is 2.44. The zero-order chi connectivity index (χ0) is 15.4. The number of carbonyl (C=O) groups excluding carboxylic acids is 1. The number of nitrogens with two attached hydrogens (primary N) is 1. The van der Waals surface area contributed by atoms with E-state index in [-0.39, 0.29) is 16.9 Å². The molecule has 0 spiro atoms. The molecule has 2 aromatic carbocycles. The third-order valence-corrected chi connectivity index (χ3v) is 3.01. The van der Waals surface area contributed by atoms with Gasteiger partial charge in [0.25, 0.3) is 5.91 Å². The van der Waals surface area contributed by atoms with Crippen LogP contribution in [0.3, 0.4) is 0 Å². The van der Waals surface area contributed by atoms with Crippen molar-refractivity contribution in [2.45, 2.75) is 6.92 Å². The van der Waals surface area contributed by atoms with Gasteiger partial charge in [-0.3, -0.25) is 20.8 Å². The second-order valence-electron chi connectivity index (χ2n) is 4.37. The molecule has 1 amide bonds. The third-order valence-electron chi connectivity index (χ3n) is 3.01. The van der Waals surface area contributed by atoms with Crippen LogP contribution in [-0.2, 0) is 0 Å². The maximum absolute atomic E-state index is 12.3. The number of nitrogen functional groups attached to an aromatic ring is 1. The number of aryl methyl sites for hydroxylation is 1. The number of benzene rings is 2. The lowest BCUT2D eigenvalue weighted by atomic mass is 10.1. The maximum Gasteiger partial charge on any atom is 0.306 e. The van der Waals surface area contributed by atoms with E-state index in [0.29, 0.717) is 5.69 Å². The van der Waals surface area contributed by atoms with Gasteiger partial charge in [-0.25, -0.2) is 0 Å². The molecule has 108 valence electrons. The number of anilines is 2. The standard InChI is InChI=1S/C14H14N4O3/c1-9-5-2-3-7-11(9)16-14(19)10-6-4-8-12(17-15)13(10)18(20)21/h2-8,17H,15H2,1H3,(H,16,19). The van der Waals surface area contributed by atoms with Crippen LogP contribution in [0.25, 0.3) is 0 Å². The molecule has 2 aromatic rings. The van der Waals surface area contributed by atoms with Crippen molar-refractivity contribution in [1.29, 1.82) is 0 Å². The van der Waals surface area contributed by atoms with Crippen molar-refractivity contribution in [2.24, 2.45) is 5.84 Å². The van der Waals surface area contributed by atoms with E-state index in [2.05, 4.69) is 10.7 Å². The van der Waals surface area contributed by atoms with Gasteiger partial charge in [0.2, 0.25) is 0 Å². The Morgan fingerprint density at radius 1 is 1.14 bits per heavy atom. The van der Waals surface area contributed by atoms with E-state index in [0.717, 1.165) is 5.56 Å². The lowest BCUT2D eigenvalue weighted by Gasteiger charge is -2.10. The third kappa shape index (κ3) is 2.98. The van der Waals surface area contributed by atoms with Gasteiger partial charge in [-0.2, -0.15) is 0 Å². The average Bonchev–Trinajstić information content (AvgIpc) is 2.48. The van der Waals surface area contributed by atoms with Gasteiger partial charge in [0, 0.05) is 5.69 Å². The number of nitro benzene ring substituents is 1. The molecule has 0 unspecified atom stereocenters. The Balaban J connectivity index is 2.40. The molecule has 0 heterocycles. The van der Waals surface area contributed by atoms with Crippen molar-refractivity contribution in [3.63, 3.8) is 0 Å². The van der Waals surface area contributed by atoms with E-state index in [1.54, 1.807) is 12.1 Å². The monoisotopic (exact) mass is 286 g/mol. The summed E-state index contributed by atoms with van der Waals surface area (Å²) < 4.78 is 0. The second kappa shape index (κ2) is 6.02. The molecule has 7 nitrogen and oxygen atoms in total. The molecule has 0 saturated carbocycles. The van der Waals surface area contributed by atoms with Gasteiger partial charge in [0.05, 0.1) is 4.92 Å². The van der Waals surface area contributed by atoms with Crippen molar-refractivity contribution in [2.75, 3.05) is 10.7 Å². The molecular formula is C14H14N4O3. The summed E-state index contributed by atoms with van der Waals surface area (Å²) in [6.45, 7) is 1.84. The fourth-order valence-corrected chi connectivity index (χ4v) is 1.94. The van der Waals surface area contributed by atoms with Gasteiger partial charge in [-0.05, 0) is 30.7 Å². The highest BCUT2D eigenvalue weighted by molar-refractivity contribution is 6.08. The molecule has 4 N–H and O–H groups in total. The van der Waals surface area contributed by atoms with Gasteiger partial charge in [-0.1, -0.05) is 24.3 Å². The molecular weight excluding hydrogens is 272 g/mol. The Labute approximate surface area is 120 Å². The lowest BCUT2D eigenvalue weighted by Crippen LogP contribution is -2.17. The Bertz CT molecular complexity index is 700. The normalized spacial score (nSPS) is 10.0. The van der Waals surface area contributed by atoms with Crippen LogP contribution in [-0.4, -0.2) is 10.8 Å². The fourth-order valence-electron chi connectivity index (χ4n) is 1.94. The van der Waals surface area contributed by atoms with E-state index in [4.69, 9.17) is 5.84 Å². The summed E-state index contributed by atoms with van der Waals surface area (Å²) in [5.74, 6) is 4.69. The van der Waals surface area contributed by atoms with Gasteiger partial charge in [0.15, 0.2) is 0 Å². The molecule has 0 saturated heterocycles. The number of carbonyl (C=O) groups is 1. The maximum atomic E-state index is 12.3. The highest BCUT2D eigenvalue weighted by Gasteiger charge is 2.24. The number of rotatable bonds is 4. The first-order chi connectivity index (χ1) is 10.0. The molecule has 0 aromatic heterocycles. The molecule has 0 aliphatic rings. The van der Waals surface area contributed by atoms with Gasteiger partial charge in [0.1, 0.15) is 11.3 Å². The SMILES string of the molecule is Cc1ccccc1NC(=O)c1cccc(NN)c1[N+](=O)[O-]. The molecule has 21 heavy (non-hydrogen) atoms. The Kier molecular flexibility index (Phi) is 4.15. The predicted molar refractivity (Wildman–Crippen MR) is 80.0 cm³/mol. The number of amides is 1. The molecule has 0 aliphatic heterocycles. The van der Waals surface area contributed by atoms with Gasteiger partial charge in [-0.15, -0.1) is 0 Å². The molecule has 0 radical (unpaired) electrons. The highest BCUT2D eigenvalue weighted by Crippen LogP contribution is 2.28. The van der Waals surface area contributed by atoms with Crippen LogP contribution in [0.4, 0.5) is 17.1 Å². The van der Waals surface area contributed by atoms with E-state index in [9.17, 15) is 14.9 Å². The topological polar surface area (TPSA) is 110 Å². The van der Waals surface area contributed by atoms with Gasteiger partial charge < -0.3 is 10.7 Å². The van der Waals surface area contributed by atoms with E-state index in [1.807, 2.05) is 19.1 Å². The second-order valence-corrected chi connectivity index (χ2v) is 4.37.